The Morgan fingerprint density at radius 1 is 1.00 bits per heavy atom. The van der Waals surface area contributed by atoms with Gasteiger partial charge in [0.05, 0.1) is 6.10 Å². The van der Waals surface area contributed by atoms with Crippen LogP contribution in [-0.4, -0.2) is 94.0 Å². The summed E-state index contributed by atoms with van der Waals surface area (Å²) >= 11 is 0. The number of likely N-dealkylation sites (tertiary alicyclic amines) is 2. The van der Waals surface area contributed by atoms with Gasteiger partial charge in [-0.15, -0.1) is 12.4 Å². The van der Waals surface area contributed by atoms with E-state index < -0.39 is 17.7 Å². The number of unbranched alkanes of at least 4 members (excludes halogenated alkanes) is 1. The Hall–Kier alpha value is -2.16. The zero-order valence-corrected chi connectivity index (χ0v) is 24.7. The molecule has 1 aliphatic carbocycles. The highest BCUT2D eigenvalue weighted by atomic mass is 35.5. The molecule has 3 heterocycles. The molecule has 1 spiro atoms. The number of rotatable bonds is 7. The van der Waals surface area contributed by atoms with Crippen molar-refractivity contribution < 1.29 is 19.5 Å². The molecule has 1 saturated carbocycles. The summed E-state index contributed by atoms with van der Waals surface area (Å²) in [6.07, 6.45) is 9.24. The lowest BCUT2D eigenvalue weighted by Gasteiger charge is -2.54. The number of nitrogens with one attached hydrogen (secondary N) is 1. The molecule has 222 valence electrons. The summed E-state index contributed by atoms with van der Waals surface area (Å²) in [5, 5.41) is 14.2. The molecule has 2 N–H and O–H groups in total. The molecule has 2 atom stereocenters. The summed E-state index contributed by atoms with van der Waals surface area (Å²) in [4.78, 5) is 46.7. The Labute approximate surface area is 245 Å². The number of piperidine rings is 2. The van der Waals surface area contributed by atoms with E-state index in [4.69, 9.17) is 0 Å². The van der Waals surface area contributed by atoms with E-state index in [1.807, 2.05) is 40.1 Å². The number of halogens is 1. The molecule has 0 unspecified atom stereocenters. The highest BCUT2D eigenvalue weighted by Crippen LogP contribution is 2.37. The van der Waals surface area contributed by atoms with Crippen molar-refractivity contribution in [3.8, 4) is 0 Å². The average molecular weight is 575 g/mol. The third-order valence-electron chi connectivity index (χ3n) is 9.88. The van der Waals surface area contributed by atoms with Gasteiger partial charge < -0.3 is 25.1 Å². The van der Waals surface area contributed by atoms with Gasteiger partial charge in [0, 0.05) is 44.3 Å². The highest BCUT2D eigenvalue weighted by molar-refractivity contribution is 6.00. The van der Waals surface area contributed by atoms with E-state index in [1.54, 1.807) is 0 Å². The molecule has 9 heteroatoms. The maximum Gasteiger partial charge on any atom is 0.253 e. The van der Waals surface area contributed by atoms with E-state index in [1.165, 1.54) is 6.42 Å². The number of carbonyl (C=O) groups is 3. The second kappa shape index (κ2) is 13.7. The maximum atomic E-state index is 13.8. The van der Waals surface area contributed by atoms with E-state index in [-0.39, 0.29) is 36.0 Å². The molecule has 3 amide bonds. The third kappa shape index (κ3) is 6.19. The van der Waals surface area contributed by atoms with Crippen molar-refractivity contribution in [2.24, 2.45) is 5.92 Å². The van der Waals surface area contributed by atoms with Crippen LogP contribution in [0, 0.1) is 5.92 Å². The first-order chi connectivity index (χ1) is 18.9. The first kappa shape index (κ1) is 30.8. The predicted octanol–water partition coefficient (Wildman–Crippen LogP) is 3.62. The van der Waals surface area contributed by atoms with Crippen LogP contribution in [0.3, 0.4) is 0 Å². The number of aliphatic hydroxyl groups excluding tert-OH is 1. The monoisotopic (exact) mass is 574 g/mol. The van der Waals surface area contributed by atoms with Crippen LogP contribution in [0.1, 0.15) is 87.9 Å². The van der Waals surface area contributed by atoms with Gasteiger partial charge in [-0.1, -0.05) is 50.8 Å². The molecule has 1 aromatic rings. The van der Waals surface area contributed by atoms with E-state index in [0.29, 0.717) is 25.4 Å². The summed E-state index contributed by atoms with van der Waals surface area (Å²) in [6.45, 7) is 5.67. The molecular formula is C31H47ClN4O4. The van der Waals surface area contributed by atoms with Crippen molar-refractivity contribution in [1.82, 2.24) is 20.0 Å². The molecule has 1 aromatic carbocycles. The van der Waals surface area contributed by atoms with Crippen LogP contribution >= 0.6 is 12.4 Å². The molecule has 0 radical (unpaired) electrons. The molecule has 4 aliphatic rings. The standard InChI is InChI=1S/C31H46N4O4.ClH/c1-2-3-18-35-29(38)26(27(36)23-10-6-4-7-11-23)32-30(39)31(35)16-21-33(22-17-31)25-14-19-34(20-15-25)28(37)24-12-8-5-9-13-24;/h5,8-9,12-13,23,25-27,36H,2-4,6-7,10-11,14-22H2,1H3,(H,32,39);1H/t26-,27-;/m1./s1. The Kier molecular flexibility index (Phi) is 10.5. The van der Waals surface area contributed by atoms with Gasteiger partial charge in [-0.25, -0.2) is 0 Å². The number of piperazine rings is 1. The second-order valence-corrected chi connectivity index (χ2v) is 12.1. The number of hydrogen-bond donors (Lipinski definition) is 2. The fraction of sp³-hybridized carbons (Fsp3) is 0.710. The molecule has 40 heavy (non-hydrogen) atoms. The van der Waals surface area contributed by atoms with Crippen molar-refractivity contribution in [2.45, 2.75) is 101 Å². The van der Waals surface area contributed by atoms with E-state index in [2.05, 4.69) is 17.1 Å². The van der Waals surface area contributed by atoms with Crippen molar-refractivity contribution in [1.29, 1.82) is 0 Å². The minimum absolute atomic E-state index is 0. The summed E-state index contributed by atoms with van der Waals surface area (Å²) in [5.41, 5.74) is -0.0851. The summed E-state index contributed by atoms with van der Waals surface area (Å²) in [6, 6.07) is 9.03. The normalized spacial score (nSPS) is 25.4. The Morgan fingerprint density at radius 3 is 2.27 bits per heavy atom. The van der Waals surface area contributed by atoms with Gasteiger partial charge in [0.2, 0.25) is 11.8 Å². The highest BCUT2D eigenvalue weighted by Gasteiger charge is 2.55. The Balaban J connectivity index is 0.00000370. The molecule has 5 rings (SSSR count). The minimum atomic E-state index is -0.826. The molecule has 3 aliphatic heterocycles. The fourth-order valence-corrected chi connectivity index (χ4v) is 7.41. The van der Waals surface area contributed by atoms with Crippen LogP contribution in [0.2, 0.25) is 0 Å². The van der Waals surface area contributed by atoms with Gasteiger partial charge in [-0.05, 0) is 63.0 Å². The van der Waals surface area contributed by atoms with Crippen LogP contribution in [0.25, 0.3) is 0 Å². The van der Waals surface area contributed by atoms with Gasteiger partial charge in [0.25, 0.3) is 5.91 Å². The topological polar surface area (TPSA) is 93.2 Å². The largest absolute Gasteiger partial charge is 0.390 e. The number of aliphatic hydroxyl groups is 1. The van der Waals surface area contributed by atoms with Crippen LogP contribution in [0.4, 0.5) is 0 Å². The van der Waals surface area contributed by atoms with Crippen LogP contribution in [0.15, 0.2) is 30.3 Å². The first-order valence-electron chi connectivity index (χ1n) is 15.3. The van der Waals surface area contributed by atoms with Gasteiger partial charge >= 0.3 is 0 Å². The summed E-state index contributed by atoms with van der Waals surface area (Å²) in [5.74, 6) is 0.000397. The average Bonchev–Trinajstić information content (AvgIpc) is 2.99. The van der Waals surface area contributed by atoms with Crippen molar-refractivity contribution in [2.75, 3.05) is 32.7 Å². The first-order valence-corrected chi connectivity index (χ1v) is 15.3. The van der Waals surface area contributed by atoms with Crippen LogP contribution in [-0.2, 0) is 9.59 Å². The van der Waals surface area contributed by atoms with Crippen LogP contribution < -0.4 is 5.32 Å². The fourth-order valence-electron chi connectivity index (χ4n) is 7.41. The lowest BCUT2D eigenvalue weighted by molar-refractivity contribution is -0.166. The van der Waals surface area contributed by atoms with E-state index >= 15 is 0 Å². The number of carbonyl (C=O) groups excluding carboxylic acids is 3. The molecule has 4 fully saturated rings. The van der Waals surface area contributed by atoms with E-state index in [0.717, 1.165) is 83.1 Å². The molecule has 0 aromatic heterocycles. The lowest BCUT2D eigenvalue weighted by atomic mass is 9.77. The van der Waals surface area contributed by atoms with Gasteiger partial charge in [-0.3, -0.25) is 14.4 Å². The quantitative estimate of drug-likeness (QED) is 0.519. The minimum Gasteiger partial charge on any atom is -0.390 e. The smallest absolute Gasteiger partial charge is 0.253 e. The second-order valence-electron chi connectivity index (χ2n) is 12.1. The number of nitrogens with zero attached hydrogens (tertiary/aromatic N) is 3. The lowest BCUT2D eigenvalue weighted by Crippen LogP contribution is -2.75. The van der Waals surface area contributed by atoms with E-state index in [9.17, 15) is 19.5 Å². The summed E-state index contributed by atoms with van der Waals surface area (Å²) in [7, 11) is 0. The molecule has 0 bridgehead atoms. The van der Waals surface area contributed by atoms with Gasteiger partial charge in [-0.2, -0.15) is 0 Å². The van der Waals surface area contributed by atoms with Gasteiger partial charge in [0.15, 0.2) is 0 Å². The Morgan fingerprint density at radius 2 is 1.65 bits per heavy atom. The molecule has 8 nitrogen and oxygen atoms in total. The number of amides is 3. The van der Waals surface area contributed by atoms with Gasteiger partial charge in [0.1, 0.15) is 11.6 Å². The van der Waals surface area contributed by atoms with Crippen molar-refractivity contribution in [3.63, 3.8) is 0 Å². The van der Waals surface area contributed by atoms with Crippen molar-refractivity contribution >= 4 is 30.1 Å². The zero-order chi connectivity index (χ0) is 27.4. The predicted molar refractivity (Wildman–Crippen MR) is 157 cm³/mol. The maximum absolute atomic E-state index is 13.8. The molecule has 3 saturated heterocycles. The molecular weight excluding hydrogens is 528 g/mol. The summed E-state index contributed by atoms with van der Waals surface area (Å²) < 4.78 is 0. The SMILES string of the molecule is CCCCN1C(=O)[C@@H]([C@H](O)C2CCCCC2)NC(=O)C12CCN(C1CCN(C(=O)c3ccccc3)CC1)CC2.Cl. The van der Waals surface area contributed by atoms with Crippen LogP contribution in [0.5, 0.6) is 0 Å². The number of hydrogen-bond acceptors (Lipinski definition) is 5. The third-order valence-corrected chi connectivity index (χ3v) is 9.88. The van der Waals surface area contributed by atoms with Crippen molar-refractivity contribution in [3.05, 3.63) is 35.9 Å². The number of benzene rings is 1. The zero-order valence-electron chi connectivity index (χ0n) is 23.9. The Bertz CT molecular complexity index is 1000.